The van der Waals surface area contributed by atoms with Crippen LogP contribution in [0.4, 0.5) is 0 Å². The first-order valence-corrected chi connectivity index (χ1v) is 5.51. The van der Waals surface area contributed by atoms with Gasteiger partial charge in [0.05, 0.1) is 16.8 Å². The zero-order valence-electron chi connectivity index (χ0n) is 8.54. The summed E-state index contributed by atoms with van der Waals surface area (Å²) in [5.41, 5.74) is 0.837. The van der Waals surface area contributed by atoms with Gasteiger partial charge in [0.15, 0.2) is 0 Å². The number of rotatable bonds is 3. The van der Waals surface area contributed by atoms with Gasteiger partial charge in [0.1, 0.15) is 11.9 Å². The van der Waals surface area contributed by atoms with Crippen molar-refractivity contribution in [2.24, 2.45) is 0 Å². The van der Waals surface area contributed by atoms with Gasteiger partial charge in [-0.2, -0.15) is 0 Å². The summed E-state index contributed by atoms with van der Waals surface area (Å²) in [4.78, 5) is 0.764. The van der Waals surface area contributed by atoms with Gasteiger partial charge in [0.25, 0.3) is 0 Å². The second-order valence-electron chi connectivity index (χ2n) is 3.60. The summed E-state index contributed by atoms with van der Waals surface area (Å²) in [7, 11) is 0. The van der Waals surface area contributed by atoms with Crippen LogP contribution in [0.1, 0.15) is 42.2 Å². The molecule has 1 atom stereocenters. The molecule has 0 spiro atoms. The van der Waals surface area contributed by atoms with Crippen molar-refractivity contribution < 1.29 is 9.52 Å². The average molecular weight is 224 g/mol. The lowest BCUT2D eigenvalue weighted by Crippen LogP contribution is -2.01. The summed E-state index contributed by atoms with van der Waals surface area (Å²) in [6, 6.07) is 3.50. The molecule has 0 radical (unpaired) electrons. The fraction of sp³-hybridized carbons (Fsp3) is 0.400. The highest BCUT2D eigenvalue weighted by Crippen LogP contribution is 2.30. The number of hydrogen-bond acceptors (Lipinski definition) is 5. The fourth-order valence-corrected chi connectivity index (χ4v) is 2.17. The Morgan fingerprint density at radius 3 is 2.87 bits per heavy atom. The molecule has 15 heavy (non-hydrogen) atoms. The van der Waals surface area contributed by atoms with Crippen LogP contribution in [0, 0.1) is 0 Å². The summed E-state index contributed by atoms with van der Waals surface area (Å²) < 4.78 is 9.02. The van der Waals surface area contributed by atoms with Crippen molar-refractivity contribution in [2.75, 3.05) is 0 Å². The second-order valence-corrected chi connectivity index (χ2v) is 4.38. The molecule has 0 aromatic carbocycles. The van der Waals surface area contributed by atoms with Crippen molar-refractivity contribution in [3.63, 3.8) is 0 Å². The maximum atomic E-state index is 10.0. The lowest BCUT2D eigenvalue weighted by atomic mass is 10.1. The predicted molar refractivity (Wildman–Crippen MR) is 56.8 cm³/mol. The van der Waals surface area contributed by atoms with Gasteiger partial charge < -0.3 is 9.52 Å². The molecular formula is C10H12N2O2S. The molecule has 0 aliphatic heterocycles. The Balaban J connectivity index is 2.33. The maximum Gasteiger partial charge on any atom is 0.149 e. The lowest BCUT2D eigenvalue weighted by Gasteiger charge is -2.08. The van der Waals surface area contributed by atoms with Gasteiger partial charge in [0, 0.05) is 0 Å². The summed E-state index contributed by atoms with van der Waals surface area (Å²) >= 11 is 1.21. The minimum atomic E-state index is -0.752. The summed E-state index contributed by atoms with van der Waals surface area (Å²) in [5, 5.41) is 14.0. The third kappa shape index (κ3) is 1.93. The first-order chi connectivity index (χ1) is 7.20. The van der Waals surface area contributed by atoms with E-state index in [1.54, 1.807) is 18.4 Å². The topological polar surface area (TPSA) is 59.2 Å². The quantitative estimate of drug-likeness (QED) is 0.869. The van der Waals surface area contributed by atoms with Crippen molar-refractivity contribution in [2.45, 2.75) is 25.9 Å². The summed E-state index contributed by atoms with van der Waals surface area (Å²) in [6.07, 6.45) is 0.791. The van der Waals surface area contributed by atoms with E-state index in [1.807, 2.05) is 13.8 Å². The van der Waals surface area contributed by atoms with Crippen LogP contribution in [0.3, 0.4) is 0 Å². The van der Waals surface area contributed by atoms with Crippen LogP contribution >= 0.6 is 11.5 Å². The first-order valence-electron chi connectivity index (χ1n) is 4.73. The lowest BCUT2D eigenvalue weighted by molar-refractivity contribution is 0.191. The molecule has 0 aliphatic rings. The maximum absolute atomic E-state index is 10.0. The monoisotopic (exact) mass is 224 g/mol. The smallest absolute Gasteiger partial charge is 0.149 e. The van der Waals surface area contributed by atoms with E-state index in [1.165, 1.54) is 11.5 Å². The second kappa shape index (κ2) is 4.12. The van der Waals surface area contributed by atoms with Gasteiger partial charge in [-0.3, -0.25) is 0 Å². The Bertz CT molecular complexity index is 422. The minimum Gasteiger partial charge on any atom is -0.466 e. The van der Waals surface area contributed by atoms with Crippen LogP contribution < -0.4 is 0 Å². The van der Waals surface area contributed by atoms with Gasteiger partial charge in [0.2, 0.25) is 0 Å². The highest BCUT2D eigenvalue weighted by Gasteiger charge is 2.22. The van der Waals surface area contributed by atoms with Crippen LogP contribution in [-0.2, 0) is 0 Å². The highest BCUT2D eigenvalue weighted by atomic mass is 32.1. The minimum absolute atomic E-state index is 0.253. The SMILES string of the molecule is CC(C)c1nnsc1C(O)c1ccco1. The van der Waals surface area contributed by atoms with Crippen molar-refractivity contribution in [1.82, 2.24) is 9.59 Å². The standard InChI is InChI=1S/C10H12N2O2S/c1-6(2)8-10(15-12-11-8)9(13)7-4-3-5-14-7/h3-6,9,13H,1-2H3. The molecule has 4 nitrogen and oxygen atoms in total. The van der Waals surface area contributed by atoms with Gasteiger partial charge in [-0.25, -0.2) is 0 Å². The number of aliphatic hydroxyl groups is 1. The molecule has 0 saturated heterocycles. The number of hydrogen-bond donors (Lipinski definition) is 1. The fourth-order valence-electron chi connectivity index (χ4n) is 1.37. The van der Waals surface area contributed by atoms with Crippen LogP contribution in [0.2, 0.25) is 0 Å². The molecule has 1 unspecified atom stereocenters. The first kappa shape index (κ1) is 10.3. The van der Waals surface area contributed by atoms with E-state index in [2.05, 4.69) is 9.59 Å². The van der Waals surface area contributed by atoms with Crippen LogP contribution in [-0.4, -0.2) is 14.7 Å². The number of nitrogens with zero attached hydrogens (tertiary/aromatic N) is 2. The van der Waals surface area contributed by atoms with Crippen molar-refractivity contribution in [3.8, 4) is 0 Å². The van der Waals surface area contributed by atoms with E-state index in [0.29, 0.717) is 5.76 Å². The molecule has 2 aromatic heterocycles. The van der Waals surface area contributed by atoms with E-state index in [-0.39, 0.29) is 5.92 Å². The van der Waals surface area contributed by atoms with Crippen molar-refractivity contribution in [3.05, 3.63) is 34.7 Å². The van der Waals surface area contributed by atoms with Gasteiger partial charge in [-0.15, -0.1) is 5.10 Å². The number of furan rings is 1. The molecule has 0 fully saturated rings. The molecule has 0 aliphatic carbocycles. The molecule has 80 valence electrons. The zero-order valence-corrected chi connectivity index (χ0v) is 9.36. The van der Waals surface area contributed by atoms with Crippen LogP contribution in [0.15, 0.2) is 22.8 Å². The van der Waals surface area contributed by atoms with Crippen molar-refractivity contribution >= 4 is 11.5 Å². The van der Waals surface area contributed by atoms with E-state index >= 15 is 0 Å². The molecular weight excluding hydrogens is 212 g/mol. The predicted octanol–water partition coefficient (Wildman–Crippen LogP) is 2.34. The molecule has 0 bridgehead atoms. The highest BCUT2D eigenvalue weighted by molar-refractivity contribution is 7.05. The Morgan fingerprint density at radius 1 is 1.47 bits per heavy atom. The molecule has 2 rings (SSSR count). The van der Waals surface area contributed by atoms with E-state index < -0.39 is 6.10 Å². The molecule has 1 N–H and O–H groups in total. The van der Waals surface area contributed by atoms with Crippen LogP contribution in [0.25, 0.3) is 0 Å². The summed E-state index contributed by atoms with van der Waals surface area (Å²) in [5.74, 6) is 0.784. The third-order valence-electron chi connectivity index (χ3n) is 2.15. The molecule has 2 heterocycles. The Kier molecular flexibility index (Phi) is 2.83. The molecule has 2 aromatic rings. The zero-order chi connectivity index (χ0) is 10.8. The van der Waals surface area contributed by atoms with Crippen molar-refractivity contribution in [1.29, 1.82) is 0 Å². The normalized spacial score (nSPS) is 13.3. The largest absolute Gasteiger partial charge is 0.466 e. The molecule has 5 heteroatoms. The average Bonchev–Trinajstić information content (AvgIpc) is 2.88. The van der Waals surface area contributed by atoms with E-state index in [9.17, 15) is 5.11 Å². The number of aliphatic hydroxyl groups excluding tert-OH is 1. The van der Waals surface area contributed by atoms with Gasteiger partial charge >= 0.3 is 0 Å². The van der Waals surface area contributed by atoms with Gasteiger partial charge in [-0.05, 0) is 29.6 Å². The Morgan fingerprint density at radius 2 is 2.27 bits per heavy atom. The molecule has 0 amide bonds. The van der Waals surface area contributed by atoms with E-state index in [0.717, 1.165) is 10.6 Å². The Hall–Kier alpha value is -1.20. The summed E-state index contributed by atoms with van der Waals surface area (Å²) in [6.45, 7) is 4.05. The van der Waals surface area contributed by atoms with Gasteiger partial charge in [-0.1, -0.05) is 18.3 Å². The van der Waals surface area contributed by atoms with Crippen LogP contribution in [0.5, 0.6) is 0 Å². The third-order valence-corrected chi connectivity index (χ3v) is 2.94. The molecule has 0 saturated carbocycles. The van der Waals surface area contributed by atoms with E-state index in [4.69, 9.17) is 4.42 Å². The Labute approximate surface area is 91.7 Å². The number of aromatic nitrogens is 2.